The highest BCUT2D eigenvalue weighted by Gasteiger charge is 2.20. The maximum atomic E-state index is 11.3. The van der Waals surface area contributed by atoms with Gasteiger partial charge in [0.1, 0.15) is 5.88 Å². The fourth-order valence-corrected chi connectivity index (χ4v) is 1.92. The Kier molecular flexibility index (Phi) is 4.00. The quantitative estimate of drug-likeness (QED) is 0.586. The van der Waals surface area contributed by atoms with Gasteiger partial charge in [-0.15, -0.1) is 11.6 Å². The number of rotatable bonds is 1. The van der Waals surface area contributed by atoms with E-state index in [9.17, 15) is 4.79 Å². The van der Waals surface area contributed by atoms with E-state index in [-0.39, 0.29) is 11.8 Å². The summed E-state index contributed by atoms with van der Waals surface area (Å²) in [7, 11) is 2.09. The second kappa shape index (κ2) is 4.82. The van der Waals surface area contributed by atoms with Crippen LogP contribution in [0.3, 0.4) is 0 Å². The number of alkyl halides is 1. The standard InChI is InChI=1S/C9H17ClN2O/c1-8-6-11(2)3-4-12(7-8)9(13)5-10/h8H,3-7H2,1-2H3. The Labute approximate surface area is 84.6 Å². The highest BCUT2D eigenvalue weighted by molar-refractivity contribution is 6.27. The highest BCUT2D eigenvalue weighted by Crippen LogP contribution is 2.07. The molecule has 0 aromatic rings. The lowest BCUT2D eigenvalue weighted by molar-refractivity contribution is -0.128. The molecule has 0 aliphatic carbocycles. The lowest BCUT2D eigenvalue weighted by atomic mass is 10.1. The largest absolute Gasteiger partial charge is 0.340 e. The average Bonchev–Trinajstić information content (AvgIpc) is 2.25. The van der Waals surface area contributed by atoms with Crippen molar-refractivity contribution in [1.82, 2.24) is 9.80 Å². The maximum Gasteiger partial charge on any atom is 0.237 e. The summed E-state index contributed by atoms with van der Waals surface area (Å²) >= 11 is 5.52. The van der Waals surface area contributed by atoms with Gasteiger partial charge in [0.25, 0.3) is 0 Å². The summed E-state index contributed by atoms with van der Waals surface area (Å²) in [6.45, 7) is 5.83. The number of amides is 1. The molecule has 0 radical (unpaired) electrons. The summed E-state index contributed by atoms with van der Waals surface area (Å²) in [6, 6.07) is 0. The summed E-state index contributed by atoms with van der Waals surface area (Å²) in [4.78, 5) is 15.5. The molecule has 13 heavy (non-hydrogen) atoms. The minimum Gasteiger partial charge on any atom is -0.340 e. The van der Waals surface area contributed by atoms with Gasteiger partial charge in [-0.2, -0.15) is 0 Å². The van der Waals surface area contributed by atoms with E-state index >= 15 is 0 Å². The van der Waals surface area contributed by atoms with Crippen LogP contribution in [-0.4, -0.2) is 54.8 Å². The smallest absolute Gasteiger partial charge is 0.237 e. The number of carbonyl (C=O) groups is 1. The number of hydrogen-bond acceptors (Lipinski definition) is 2. The summed E-state index contributed by atoms with van der Waals surface area (Å²) in [5.74, 6) is 0.708. The van der Waals surface area contributed by atoms with Gasteiger partial charge in [0.2, 0.25) is 5.91 Å². The third kappa shape index (κ3) is 3.16. The summed E-state index contributed by atoms with van der Waals surface area (Å²) < 4.78 is 0. The molecule has 1 aliphatic heterocycles. The van der Waals surface area contributed by atoms with Crippen LogP contribution in [-0.2, 0) is 4.79 Å². The minimum atomic E-state index is 0.0591. The fraction of sp³-hybridized carbons (Fsp3) is 0.889. The number of likely N-dealkylation sites (N-methyl/N-ethyl adjacent to an activating group) is 1. The minimum absolute atomic E-state index is 0.0591. The first kappa shape index (κ1) is 10.8. The van der Waals surface area contributed by atoms with Crippen molar-refractivity contribution in [3.05, 3.63) is 0 Å². The van der Waals surface area contributed by atoms with Crippen LogP contribution in [0.15, 0.2) is 0 Å². The predicted molar refractivity (Wildman–Crippen MR) is 54.0 cm³/mol. The monoisotopic (exact) mass is 204 g/mol. The van der Waals surface area contributed by atoms with E-state index in [1.165, 1.54) is 0 Å². The van der Waals surface area contributed by atoms with Crippen molar-refractivity contribution in [2.24, 2.45) is 5.92 Å². The molecular weight excluding hydrogens is 188 g/mol. The Morgan fingerprint density at radius 3 is 2.77 bits per heavy atom. The van der Waals surface area contributed by atoms with E-state index < -0.39 is 0 Å². The van der Waals surface area contributed by atoms with E-state index in [0.29, 0.717) is 5.92 Å². The molecule has 76 valence electrons. The molecule has 3 nitrogen and oxygen atoms in total. The number of hydrogen-bond donors (Lipinski definition) is 0. The zero-order valence-corrected chi connectivity index (χ0v) is 9.05. The van der Waals surface area contributed by atoms with Crippen molar-refractivity contribution < 1.29 is 4.79 Å². The first-order chi connectivity index (χ1) is 6.13. The molecule has 1 amide bonds. The van der Waals surface area contributed by atoms with Crippen molar-refractivity contribution in [2.75, 3.05) is 39.1 Å². The lowest BCUT2D eigenvalue weighted by Gasteiger charge is -2.20. The summed E-state index contributed by atoms with van der Waals surface area (Å²) in [5.41, 5.74) is 0. The molecule has 1 atom stereocenters. The van der Waals surface area contributed by atoms with Crippen LogP contribution in [0.1, 0.15) is 6.92 Å². The van der Waals surface area contributed by atoms with Crippen molar-refractivity contribution in [3.63, 3.8) is 0 Å². The zero-order valence-electron chi connectivity index (χ0n) is 8.29. The third-order valence-electron chi connectivity index (χ3n) is 2.37. The Balaban J connectivity index is 2.52. The first-order valence-electron chi connectivity index (χ1n) is 4.65. The van der Waals surface area contributed by atoms with E-state index in [2.05, 4.69) is 18.9 Å². The van der Waals surface area contributed by atoms with Crippen molar-refractivity contribution in [2.45, 2.75) is 6.92 Å². The molecule has 1 saturated heterocycles. The van der Waals surface area contributed by atoms with Gasteiger partial charge in [0.05, 0.1) is 0 Å². The second-order valence-electron chi connectivity index (χ2n) is 3.84. The molecule has 0 bridgehead atoms. The molecule has 4 heteroatoms. The lowest BCUT2D eigenvalue weighted by Crippen LogP contribution is -2.36. The molecule has 1 fully saturated rings. The van der Waals surface area contributed by atoms with Crippen molar-refractivity contribution in [3.8, 4) is 0 Å². The molecular formula is C9H17ClN2O. The van der Waals surface area contributed by atoms with Gasteiger partial charge in [-0.25, -0.2) is 0 Å². The number of halogens is 1. The first-order valence-corrected chi connectivity index (χ1v) is 5.19. The Bertz CT molecular complexity index is 186. The third-order valence-corrected chi connectivity index (χ3v) is 2.60. The fourth-order valence-electron chi connectivity index (χ4n) is 1.75. The summed E-state index contributed by atoms with van der Waals surface area (Å²) in [6.07, 6.45) is 0. The van der Waals surface area contributed by atoms with E-state index in [1.807, 2.05) is 4.90 Å². The van der Waals surface area contributed by atoms with Crippen molar-refractivity contribution in [1.29, 1.82) is 0 Å². The normalized spacial score (nSPS) is 25.8. The van der Waals surface area contributed by atoms with Crippen LogP contribution in [0, 0.1) is 5.92 Å². The highest BCUT2D eigenvalue weighted by atomic mass is 35.5. The zero-order chi connectivity index (χ0) is 9.84. The molecule has 0 aromatic carbocycles. The SMILES string of the molecule is CC1CN(C)CCN(C(=O)CCl)C1. The van der Waals surface area contributed by atoms with Gasteiger partial charge in [0, 0.05) is 26.2 Å². The van der Waals surface area contributed by atoms with Gasteiger partial charge in [-0.05, 0) is 13.0 Å². The van der Waals surface area contributed by atoms with Crippen molar-refractivity contribution >= 4 is 17.5 Å². The molecule has 0 saturated carbocycles. The van der Waals surface area contributed by atoms with Gasteiger partial charge in [-0.3, -0.25) is 4.79 Å². The van der Waals surface area contributed by atoms with Gasteiger partial charge >= 0.3 is 0 Å². The molecule has 0 aromatic heterocycles. The Hall–Kier alpha value is -0.280. The molecule has 1 aliphatic rings. The second-order valence-corrected chi connectivity index (χ2v) is 4.11. The average molecular weight is 205 g/mol. The molecule has 1 rings (SSSR count). The van der Waals surface area contributed by atoms with Gasteiger partial charge < -0.3 is 9.80 Å². The molecule has 0 spiro atoms. The summed E-state index contributed by atoms with van der Waals surface area (Å²) in [5, 5.41) is 0. The van der Waals surface area contributed by atoms with Crippen LogP contribution < -0.4 is 0 Å². The molecule has 0 N–H and O–H groups in total. The van der Waals surface area contributed by atoms with Crippen LogP contribution in [0.25, 0.3) is 0 Å². The maximum absolute atomic E-state index is 11.3. The van der Waals surface area contributed by atoms with E-state index in [4.69, 9.17) is 11.6 Å². The van der Waals surface area contributed by atoms with Gasteiger partial charge in [0.15, 0.2) is 0 Å². The topological polar surface area (TPSA) is 23.6 Å². The van der Waals surface area contributed by atoms with Crippen LogP contribution >= 0.6 is 11.6 Å². The molecule has 1 unspecified atom stereocenters. The Morgan fingerprint density at radius 2 is 2.15 bits per heavy atom. The number of carbonyl (C=O) groups excluding carboxylic acids is 1. The van der Waals surface area contributed by atoms with Crippen LogP contribution in [0.4, 0.5) is 0 Å². The van der Waals surface area contributed by atoms with Crippen LogP contribution in [0.2, 0.25) is 0 Å². The van der Waals surface area contributed by atoms with Crippen LogP contribution in [0.5, 0.6) is 0 Å². The van der Waals surface area contributed by atoms with E-state index in [1.54, 1.807) is 0 Å². The Morgan fingerprint density at radius 1 is 1.46 bits per heavy atom. The predicted octanol–water partition coefficient (Wildman–Crippen LogP) is 0.635. The molecule has 1 heterocycles. The van der Waals surface area contributed by atoms with E-state index in [0.717, 1.165) is 26.2 Å². The van der Waals surface area contributed by atoms with Gasteiger partial charge in [-0.1, -0.05) is 6.92 Å². The number of nitrogens with zero attached hydrogens (tertiary/aromatic N) is 2.